The highest BCUT2D eigenvalue weighted by molar-refractivity contribution is 6.30. The molecule has 0 unspecified atom stereocenters. The third-order valence-electron chi connectivity index (χ3n) is 2.98. The number of nitrogens with zero attached hydrogens (tertiary/aromatic N) is 3. The molecule has 0 atom stereocenters. The van der Waals surface area contributed by atoms with Gasteiger partial charge in [0.15, 0.2) is 5.82 Å². The molecule has 1 aromatic carbocycles. The Hall–Kier alpha value is -1.92. The van der Waals surface area contributed by atoms with Gasteiger partial charge < -0.3 is 15.4 Å². The molecule has 118 valence electrons. The Morgan fingerprint density at radius 3 is 2.95 bits per heavy atom. The molecule has 0 aliphatic heterocycles. The number of halogens is 1. The summed E-state index contributed by atoms with van der Waals surface area (Å²) in [5.41, 5.74) is 1.17. The van der Waals surface area contributed by atoms with E-state index in [2.05, 4.69) is 25.8 Å². The van der Waals surface area contributed by atoms with E-state index >= 15 is 0 Å². The molecule has 2 aromatic rings. The minimum atomic E-state index is 0.513. The molecule has 0 amide bonds. The molecule has 0 spiro atoms. The number of aromatic nitrogens is 3. The summed E-state index contributed by atoms with van der Waals surface area (Å²) in [5.74, 6) is 1.22. The lowest BCUT2D eigenvalue weighted by molar-refractivity contribution is 0.197. The van der Waals surface area contributed by atoms with Crippen LogP contribution in [0.1, 0.15) is 12.0 Å². The van der Waals surface area contributed by atoms with Crippen molar-refractivity contribution in [3.8, 4) is 0 Å². The van der Waals surface area contributed by atoms with E-state index in [9.17, 15) is 0 Å². The number of anilines is 2. The highest BCUT2D eigenvalue weighted by atomic mass is 35.5. The van der Waals surface area contributed by atoms with Crippen LogP contribution in [0.25, 0.3) is 0 Å². The third-order valence-corrected chi connectivity index (χ3v) is 3.21. The summed E-state index contributed by atoms with van der Waals surface area (Å²) < 4.78 is 5.00. The zero-order valence-electron chi connectivity index (χ0n) is 12.6. The number of ether oxygens (including phenoxy) is 1. The molecule has 0 fully saturated rings. The molecule has 2 rings (SSSR count). The van der Waals surface area contributed by atoms with E-state index in [1.807, 2.05) is 24.3 Å². The van der Waals surface area contributed by atoms with Crippen LogP contribution in [0, 0.1) is 0 Å². The summed E-state index contributed by atoms with van der Waals surface area (Å²) >= 11 is 5.96. The molecule has 0 saturated carbocycles. The average molecular weight is 322 g/mol. The van der Waals surface area contributed by atoms with Gasteiger partial charge in [0.05, 0.1) is 6.20 Å². The monoisotopic (exact) mass is 321 g/mol. The van der Waals surface area contributed by atoms with E-state index in [0.29, 0.717) is 11.8 Å². The summed E-state index contributed by atoms with van der Waals surface area (Å²) in [6.07, 6.45) is 3.36. The van der Waals surface area contributed by atoms with Gasteiger partial charge in [-0.3, -0.25) is 0 Å². The molecule has 1 aromatic heterocycles. The minimum absolute atomic E-state index is 0.513. The summed E-state index contributed by atoms with van der Waals surface area (Å²) in [7, 11) is 1.69. The van der Waals surface area contributed by atoms with E-state index in [-0.39, 0.29) is 0 Å². The molecule has 0 aliphatic rings. The Labute approximate surface area is 135 Å². The second-order valence-electron chi connectivity index (χ2n) is 4.75. The van der Waals surface area contributed by atoms with E-state index in [1.54, 1.807) is 13.3 Å². The lowest BCUT2D eigenvalue weighted by Gasteiger charge is -2.07. The van der Waals surface area contributed by atoms with Crippen LogP contribution < -0.4 is 10.6 Å². The van der Waals surface area contributed by atoms with Crippen LogP contribution in [0.4, 0.5) is 11.8 Å². The van der Waals surface area contributed by atoms with Crippen LogP contribution in [-0.4, -0.2) is 42.0 Å². The summed E-state index contributed by atoms with van der Waals surface area (Å²) in [6.45, 7) is 2.22. The Kier molecular flexibility index (Phi) is 6.86. The van der Waals surface area contributed by atoms with Crippen LogP contribution in [-0.2, 0) is 11.2 Å². The topological polar surface area (TPSA) is 72.0 Å². The molecule has 7 heteroatoms. The first-order valence-electron chi connectivity index (χ1n) is 7.19. The maximum atomic E-state index is 5.96. The van der Waals surface area contributed by atoms with Crippen molar-refractivity contribution in [2.75, 3.05) is 37.4 Å². The Morgan fingerprint density at radius 1 is 1.23 bits per heavy atom. The van der Waals surface area contributed by atoms with E-state index < -0.39 is 0 Å². The first kappa shape index (κ1) is 16.5. The van der Waals surface area contributed by atoms with Gasteiger partial charge in [-0.15, -0.1) is 5.10 Å². The molecule has 0 saturated heterocycles. The van der Waals surface area contributed by atoms with Gasteiger partial charge in [0.25, 0.3) is 0 Å². The van der Waals surface area contributed by atoms with Crippen LogP contribution in [0.15, 0.2) is 30.5 Å². The van der Waals surface area contributed by atoms with Gasteiger partial charge in [-0.1, -0.05) is 23.7 Å². The van der Waals surface area contributed by atoms with Crippen molar-refractivity contribution in [2.24, 2.45) is 0 Å². The molecule has 1 heterocycles. The molecular weight excluding hydrogens is 302 g/mol. The van der Waals surface area contributed by atoms with Crippen LogP contribution >= 0.6 is 11.6 Å². The van der Waals surface area contributed by atoms with Crippen molar-refractivity contribution in [1.29, 1.82) is 0 Å². The zero-order valence-corrected chi connectivity index (χ0v) is 13.3. The van der Waals surface area contributed by atoms with Crippen molar-refractivity contribution in [2.45, 2.75) is 12.8 Å². The Bertz CT molecular complexity index is 581. The second-order valence-corrected chi connectivity index (χ2v) is 5.18. The van der Waals surface area contributed by atoms with Crippen LogP contribution in [0.3, 0.4) is 0 Å². The number of nitrogens with one attached hydrogen (secondary N) is 2. The molecular formula is C15H20ClN5O. The summed E-state index contributed by atoms with van der Waals surface area (Å²) in [4.78, 5) is 4.36. The predicted octanol–water partition coefficient (Wildman–Crippen LogP) is 2.63. The van der Waals surface area contributed by atoms with Gasteiger partial charge in [-0.2, -0.15) is 10.1 Å². The van der Waals surface area contributed by atoms with Crippen molar-refractivity contribution >= 4 is 23.4 Å². The molecule has 22 heavy (non-hydrogen) atoms. The van der Waals surface area contributed by atoms with E-state index in [1.165, 1.54) is 5.56 Å². The summed E-state index contributed by atoms with van der Waals surface area (Å²) in [5, 5.41) is 15.0. The Balaban J connectivity index is 1.77. The molecule has 0 bridgehead atoms. The number of hydrogen-bond donors (Lipinski definition) is 2. The van der Waals surface area contributed by atoms with Crippen molar-refractivity contribution < 1.29 is 4.74 Å². The summed E-state index contributed by atoms with van der Waals surface area (Å²) in [6, 6.07) is 7.81. The highest BCUT2D eigenvalue weighted by Crippen LogP contribution is 2.11. The van der Waals surface area contributed by atoms with E-state index in [4.69, 9.17) is 16.3 Å². The van der Waals surface area contributed by atoms with Gasteiger partial charge in [-0.05, 0) is 30.5 Å². The van der Waals surface area contributed by atoms with Gasteiger partial charge in [0.1, 0.15) is 0 Å². The van der Waals surface area contributed by atoms with Crippen LogP contribution in [0.2, 0.25) is 5.02 Å². The number of rotatable bonds is 9. The fourth-order valence-electron chi connectivity index (χ4n) is 1.91. The average Bonchev–Trinajstić information content (AvgIpc) is 2.52. The lowest BCUT2D eigenvalue weighted by Crippen LogP contribution is -2.11. The van der Waals surface area contributed by atoms with E-state index in [0.717, 1.165) is 37.6 Å². The first-order chi connectivity index (χ1) is 10.8. The van der Waals surface area contributed by atoms with Gasteiger partial charge >= 0.3 is 0 Å². The number of hydrogen-bond acceptors (Lipinski definition) is 6. The van der Waals surface area contributed by atoms with Gasteiger partial charge in [-0.25, -0.2) is 0 Å². The van der Waals surface area contributed by atoms with Crippen molar-refractivity contribution in [1.82, 2.24) is 15.2 Å². The quantitative estimate of drug-likeness (QED) is 0.692. The largest absolute Gasteiger partial charge is 0.385 e. The fraction of sp³-hybridized carbons (Fsp3) is 0.400. The molecule has 6 nitrogen and oxygen atoms in total. The SMILES string of the molecule is COCCCNc1cnnc(NCCc2cccc(Cl)c2)n1. The highest BCUT2D eigenvalue weighted by Gasteiger charge is 2.00. The van der Waals surface area contributed by atoms with Crippen molar-refractivity contribution in [3.63, 3.8) is 0 Å². The predicted molar refractivity (Wildman–Crippen MR) is 88.5 cm³/mol. The maximum absolute atomic E-state index is 5.96. The van der Waals surface area contributed by atoms with Crippen LogP contribution in [0.5, 0.6) is 0 Å². The smallest absolute Gasteiger partial charge is 0.244 e. The lowest BCUT2D eigenvalue weighted by atomic mass is 10.1. The molecule has 2 N–H and O–H groups in total. The standard InChI is InChI=1S/C15H20ClN5O/c1-22-9-3-7-17-14-11-19-21-15(20-14)18-8-6-12-4-2-5-13(16)10-12/h2,4-5,10-11H,3,6-9H2,1H3,(H2,17,18,20,21). The zero-order chi connectivity index (χ0) is 15.6. The van der Waals surface area contributed by atoms with Gasteiger partial charge in [0.2, 0.25) is 5.95 Å². The normalized spacial score (nSPS) is 10.5. The Morgan fingerprint density at radius 2 is 2.14 bits per heavy atom. The molecule has 0 radical (unpaired) electrons. The second kappa shape index (κ2) is 9.17. The molecule has 0 aliphatic carbocycles. The first-order valence-corrected chi connectivity index (χ1v) is 7.56. The number of methoxy groups -OCH3 is 1. The fourth-order valence-corrected chi connectivity index (χ4v) is 2.12. The van der Waals surface area contributed by atoms with Crippen molar-refractivity contribution in [3.05, 3.63) is 41.0 Å². The maximum Gasteiger partial charge on any atom is 0.244 e. The van der Waals surface area contributed by atoms with Gasteiger partial charge in [0, 0.05) is 31.8 Å². The third kappa shape index (κ3) is 5.83. The number of benzene rings is 1. The minimum Gasteiger partial charge on any atom is -0.385 e.